The molecule has 0 aromatic heterocycles. The summed E-state index contributed by atoms with van der Waals surface area (Å²) in [5.74, 6) is -0.832. The topological polar surface area (TPSA) is 69.6 Å². The van der Waals surface area contributed by atoms with Gasteiger partial charge in [0.1, 0.15) is 0 Å². The van der Waals surface area contributed by atoms with Crippen LogP contribution in [0.25, 0.3) is 0 Å². The molecular weight excluding hydrogens is 220 g/mol. The van der Waals surface area contributed by atoms with Gasteiger partial charge in [0.2, 0.25) is 5.91 Å². The van der Waals surface area contributed by atoms with Gasteiger partial charge in [-0.15, -0.1) is 0 Å². The van der Waals surface area contributed by atoms with Gasteiger partial charge < -0.3 is 15.3 Å². The normalized spacial score (nSPS) is 14.5. The van der Waals surface area contributed by atoms with E-state index in [9.17, 15) is 9.59 Å². The highest BCUT2D eigenvalue weighted by Gasteiger charge is 2.17. The van der Waals surface area contributed by atoms with Crippen molar-refractivity contribution in [3.05, 3.63) is 11.8 Å². The van der Waals surface area contributed by atoms with Crippen LogP contribution in [0.1, 0.15) is 32.6 Å². The fourth-order valence-corrected chi connectivity index (χ4v) is 1.92. The van der Waals surface area contributed by atoms with Crippen molar-refractivity contribution in [2.75, 3.05) is 19.6 Å². The number of carboxylic acids is 1. The predicted octanol–water partition coefficient (Wildman–Crippen LogP) is 0.967. The van der Waals surface area contributed by atoms with Crippen LogP contribution in [0.15, 0.2) is 11.8 Å². The van der Waals surface area contributed by atoms with Gasteiger partial charge in [-0.3, -0.25) is 9.59 Å². The van der Waals surface area contributed by atoms with Crippen LogP contribution in [0.4, 0.5) is 0 Å². The molecule has 0 radical (unpaired) electrons. The Morgan fingerprint density at radius 1 is 1.53 bits per heavy atom. The monoisotopic (exact) mass is 240 g/mol. The minimum absolute atomic E-state index is 0.0195. The van der Waals surface area contributed by atoms with E-state index in [0.29, 0.717) is 13.1 Å². The second-order valence-electron chi connectivity index (χ2n) is 4.05. The van der Waals surface area contributed by atoms with E-state index >= 15 is 0 Å². The van der Waals surface area contributed by atoms with Gasteiger partial charge in [0, 0.05) is 18.8 Å². The molecule has 1 aliphatic carbocycles. The quantitative estimate of drug-likeness (QED) is 0.650. The summed E-state index contributed by atoms with van der Waals surface area (Å²) in [4.78, 5) is 24.0. The Labute approximate surface area is 101 Å². The summed E-state index contributed by atoms with van der Waals surface area (Å²) in [6, 6.07) is 0. The van der Waals surface area contributed by atoms with Crippen LogP contribution in [-0.2, 0) is 9.59 Å². The second kappa shape index (κ2) is 7.06. The SMILES string of the molecule is CCN(C(=O)CNCCC(=O)O)C1=CCCC1. The number of hydrogen-bond donors (Lipinski definition) is 2. The highest BCUT2D eigenvalue weighted by atomic mass is 16.4. The summed E-state index contributed by atoms with van der Waals surface area (Å²) in [6.45, 7) is 3.16. The molecule has 17 heavy (non-hydrogen) atoms. The molecule has 0 unspecified atom stereocenters. The fourth-order valence-electron chi connectivity index (χ4n) is 1.92. The average Bonchev–Trinajstić information content (AvgIpc) is 2.79. The maximum Gasteiger partial charge on any atom is 0.304 e. The number of hydrogen-bond acceptors (Lipinski definition) is 3. The molecule has 0 bridgehead atoms. The number of allylic oxidation sites excluding steroid dienone is 2. The van der Waals surface area contributed by atoms with E-state index in [-0.39, 0.29) is 18.9 Å². The van der Waals surface area contributed by atoms with Crippen molar-refractivity contribution >= 4 is 11.9 Å². The summed E-state index contributed by atoms with van der Waals surface area (Å²) >= 11 is 0. The smallest absolute Gasteiger partial charge is 0.304 e. The zero-order valence-electron chi connectivity index (χ0n) is 10.2. The van der Waals surface area contributed by atoms with Gasteiger partial charge in [-0.25, -0.2) is 0 Å². The third-order valence-electron chi connectivity index (χ3n) is 2.77. The van der Waals surface area contributed by atoms with Crippen LogP contribution < -0.4 is 5.32 Å². The van der Waals surface area contributed by atoms with Gasteiger partial charge in [-0.2, -0.15) is 0 Å². The van der Waals surface area contributed by atoms with E-state index < -0.39 is 5.97 Å². The Morgan fingerprint density at radius 2 is 2.29 bits per heavy atom. The summed E-state index contributed by atoms with van der Waals surface area (Å²) < 4.78 is 0. The second-order valence-corrected chi connectivity index (χ2v) is 4.05. The van der Waals surface area contributed by atoms with Gasteiger partial charge in [0.05, 0.1) is 13.0 Å². The molecule has 0 saturated carbocycles. The number of nitrogens with zero attached hydrogens (tertiary/aromatic N) is 1. The van der Waals surface area contributed by atoms with E-state index in [1.807, 2.05) is 6.92 Å². The highest BCUT2D eigenvalue weighted by molar-refractivity contribution is 5.80. The first-order chi connectivity index (χ1) is 8.15. The lowest BCUT2D eigenvalue weighted by Crippen LogP contribution is -2.37. The minimum Gasteiger partial charge on any atom is -0.481 e. The zero-order valence-corrected chi connectivity index (χ0v) is 10.2. The van der Waals surface area contributed by atoms with E-state index in [2.05, 4.69) is 11.4 Å². The molecule has 0 fully saturated rings. The fraction of sp³-hybridized carbons (Fsp3) is 0.667. The third-order valence-corrected chi connectivity index (χ3v) is 2.77. The molecule has 1 aliphatic rings. The molecule has 5 heteroatoms. The van der Waals surface area contributed by atoms with Gasteiger partial charge in [0.15, 0.2) is 0 Å². The lowest BCUT2D eigenvalue weighted by atomic mass is 10.3. The Hall–Kier alpha value is -1.36. The number of carbonyl (C=O) groups excluding carboxylic acids is 1. The predicted molar refractivity (Wildman–Crippen MR) is 64.4 cm³/mol. The molecule has 2 N–H and O–H groups in total. The minimum atomic E-state index is -0.851. The summed E-state index contributed by atoms with van der Waals surface area (Å²) in [7, 11) is 0. The standard InChI is InChI=1S/C12H20N2O3/c1-2-14(10-5-3-4-6-10)11(15)9-13-8-7-12(16)17/h5,13H,2-4,6-9H2,1H3,(H,16,17). The van der Waals surface area contributed by atoms with E-state index in [1.165, 1.54) is 0 Å². The first-order valence-electron chi connectivity index (χ1n) is 6.07. The van der Waals surface area contributed by atoms with Crippen molar-refractivity contribution in [1.82, 2.24) is 10.2 Å². The van der Waals surface area contributed by atoms with Gasteiger partial charge >= 0.3 is 5.97 Å². The Bertz CT molecular complexity index is 313. The lowest BCUT2D eigenvalue weighted by molar-refractivity contribution is -0.137. The summed E-state index contributed by atoms with van der Waals surface area (Å²) in [5, 5.41) is 11.3. The van der Waals surface area contributed by atoms with Crippen molar-refractivity contribution in [3.8, 4) is 0 Å². The number of carbonyl (C=O) groups is 2. The largest absolute Gasteiger partial charge is 0.481 e. The molecule has 0 atom stereocenters. The van der Waals surface area contributed by atoms with Crippen molar-refractivity contribution < 1.29 is 14.7 Å². The lowest BCUT2D eigenvalue weighted by Gasteiger charge is -2.22. The van der Waals surface area contributed by atoms with Crippen LogP contribution in [-0.4, -0.2) is 41.5 Å². The van der Waals surface area contributed by atoms with Crippen molar-refractivity contribution in [2.45, 2.75) is 32.6 Å². The first kappa shape index (κ1) is 13.7. The number of amides is 1. The number of carboxylic acid groups (broad SMARTS) is 1. The molecule has 1 rings (SSSR count). The number of likely N-dealkylation sites (N-methyl/N-ethyl adjacent to an activating group) is 1. The van der Waals surface area contributed by atoms with Gasteiger partial charge in [-0.05, 0) is 26.2 Å². The van der Waals surface area contributed by atoms with Crippen molar-refractivity contribution in [3.63, 3.8) is 0 Å². The molecule has 0 aromatic carbocycles. The number of rotatable bonds is 7. The molecule has 5 nitrogen and oxygen atoms in total. The molecular formula is C12H20N2O3. The van der Waals surface area contributed by atoms with Crippen LogP contribution >= 0.6 is 0 Å². The molecule has 96 valence electrons. The molecule has 0 spiro atoms. The molecule has 0 heterocycles. The third kappa shape index (κ3) is 4.56. The molecule has 0 aromatic rings. The Morgan fingerprint density at radius 3 is 2.82 bits per heavy atom. The Kier molecular flexibility index (Phi) is 5.69. The Balaban J connectivity index is 2.31. The van der Waals surface area contributed by atoms with Crippen molar-refractivity contribution in [2.24, 2.45) is 0 Å². The van der Waals surface area contributed by atoms with Crippen LogP contribution in [0.2, 0.25) is 0 Å². The number of nitrogens with one attached hydrogen (secondary N) is 1. The maximum absolute atomic E-state index is 11.9. The average molecular weight is 240 g/mol. The van der Waals surface area contributed by atoms with Crippen molar-refractivity contribution in [1.29, 1.82) is 0 Å². The van der Waals surface area contributed by atoms with E-state index in [4.69, 9.17) is 5.11 Å². The van der Waals surface area contributed by atoms with E-state index in [0.717, 1.165) is 25.0 Å². The van der Waals surface area contributed by atoms with Gasteiger partial charge in [-0.1, -0.05) is 6.08 Å². The van der Waals surface area contributed by atoms with E-state index in [1.54, 1.807) is 4.90 Å². The molecule has 0 aliphatic heterocycles. The first-order valence-corrected chi connectivity index (χ1v) is 6.07. The van der Waals surface area contributed by atoms with Gasteiger partial charge in [0.25, 0.3) is 0 Å². The molecule has 0 saturated heterocycles. The van der Waals surface area contributed by atoms with Crippen LogP contribution in [0.3, 0.4) is 0 Å². The summed E-state index contributed by atoms with van der Waals surface area (Å²) in [6.07, 6.45) is 5.28. The van der Waals surface area contributed by atoms with Crippen LogP contribution in [0, 0.1) is 0 Å². The number of aliphatic carboxylic acids is 1. The highest BCUT2D eigenvalue weighted by Crippen LogP contribution is 2.21. The van der Waals surface area contributed by atoms with Crippen LogP contribution in [0.5, 0.6) is 0 Å². The zero-order chi connectivity index (χ0) is 12.7. The summed E-state index contributed by atoms with van der Waals surface area (Å²) in [5.41, 5.74) is 1.11. The maximum atomic E-state index is 11.9. The molecule has 1 amide bonds.